The summed E-state index contributed by atoms with van der Waals surface area (Å²) in [5, 5.41) is 6.74. The number of carbonyl (C=O) groups is 2. The van der Waals surface area contributed by atoms with Crippen LogP contribution in [0, 0.1) is 6.92 Å². The SMILES string of the molecule is Cc1ccc(COc2ccccc2C=NNC(=O)CCC(=O)Nc2ccccc2)cc1. The molecule has 3 rings (SSSR count). The third-order valence-corrected chi connectivity index (χ3v) is 4.46. The van der Waals surface area contributed by atoms with E-state index in [1.807, 2.05) is 73.7 Å². The summed E-state index contributed by atoms with van der Waals surface area (Å²) in [5.41, 5.74) is 6.17. The minimum absolute atomic E-state index is 0.0432. The molecule has 0 unspecified atom stereocenters. The van der Waals surface area contributed by atoms with E-state index in [-0.39, 0.29) is 24.7 Å². The van der Waals surface area contributed by atoms with Crippen LogP contribution in [0.4, 0.5) is 5.69 Å². The van der Waals surface area contributed by atoms with Crippen LogP contribution in [0.2, 0.25) is 0 Å². The Morgan fingerprint density at radius 3 is 2.32 bits per heavy atom. The van der Waals surface area contributed by atoms with Gasteiger partial charge in [-0.15, -0.1) is 0 Å². The topological polar surface area (TPSA) is 79.8 Å². The van der Waals surface area contributed by atoms with Crippen LogP contribution in [-0.2, 0) is 16.2 Å². The van der Waals surface area contributed by atoms with E-state index in [1.165, 1.54) is 11.8 Å². The number of nitrogens with zero attached hydrogens (tertiary/aromatic N) is 1. The molecule has 0 radical (unpaired) electrons. The molecule has 0 aliphatic heterocycles. The number of hydrogen-bond donors (Lipinski definition) is 2. The lowest BCUT2D eigenvalue weighted by molar-refractivity contribution is -0.124. The summed E-state index contributed by atoms with van der Waals surface area (Å²) >= 11 is 0. The van der Waals surface area contributed by atoms with Crippen LogP contribution in [0.3, 0.4) is 0 Å². The van der Waals surface area contributed by atoms with E-state index in [1.54, 1.807) is 12.1 Å². The number of amides is 2. The first-order chi connectivity index (χ1) is 15.1. The van der Waals surface area contributed by atoms with Crippen LogP contribution in [0.15, 0.2) is 84.0 Å². The highest BCUT2D eigenvalue weighted by Gasteiger charge is 2.07. The number of nitrogens with one attached hydrogen (secondary N) is 2. The van der Waals surface area contributed by atoms with Gasteiger partial charge in [-0.3, -0.25) is 9.59 Å². The third-order valence-electron chi connectivity index (χ3n) is 4.46. The van der Waals surface area contributed by atoms with Gasteiger partial charge in [0.2, 0.25) is 11.8 Å². The van der Waals surface area contributed by atoms with Gasteiger partial charge in [0, 0.05) is 24.1 Å². The second-order valence-corrected chi connectivity index (χ2v) is 7.02. The number of carbonyl (C=O) groups excluding carboxylic acids is 2. The number of hydrazone groups is 1. The van der Waals surface area contributed by atoms with Gasteiger partial charge >= 0.3 is 0 Å². The highest BCUT2D eigenvalue weighted by atomic mass is 16.5. The molecule has 3 aromatic carbocycles. The zero-order valence-corrected chi connectivity index (χ0v) is 17.4. The molecule has 158 valence electrons. The molecule has 0 aromatic heterocycles. The molecule has 0 heterocycles. The molecule has 6 nitrogen and oxygen atoms in total. The molecule has 0 spiro atoms. The number of anilines is 1. The Kier molecular flexibility index (Phi) is 7.94. The minimum Gasteiger partial charge on any atom is -0.488 e. The van der Waals surface area contributed by atoms with E-state index in [4.69, 9.17) is 4.74 Å². The molecule has 0 atom stereocenters. The molecule has 0 aliphatic rings. The Morgan fingerprint density at radius 2 is 1.55 bits per heavy atom. The van der Waals surface area contributed by atoms with Gasteiger partial charge in [0.25, 0.3) is 0 Å². The maximum absolute atomic E-state index is 12.0. The lowest BCUT2D eigenvalue weighted by atomic mass is 10.1. The van der Waals surface area contributed by atoms with Crippen molar-refractivity contribution >= 4 is 23.7 Å². The van der Waals surface area contributed by atoms with Gasteiger partial charge in [0.15, 0.2) is 0 Å². The molecule has 0 aliphatic carbocycles. The van der Waals surface area contributed by atoms with Crippen molar-refractivity contribution in [3.63, 3.8) is 0 Å². The molecule has 2 amide bonds. The highest BCUT2D eigenvalue weighted by Crippen LogP contribution is 2.18. The minimum atomic E-state index is -0.336. The van der Waals surface area contributed by atoms with E-state index >= 15 is 0 Å². The number of benzene rings is 3. The summed E-state index contributed by atoms with van der Waals surface area (Å²) in [6.07, 6.45) is 1.65. The second kappa shape index (κ2) is 11.3. The van der Waals surface area contributed by atoms with Crippen molar-refractivity contribution in [3.8, 4) is 5.75 Å². The lowest BCUT2D eigenvalue weighted by Crippen LogP contribution is -2.20. The van der Waals surface area contributed by atoms with Crippen molar-refractivity contribution in [1.29, 1.82) is 0 Å². The Labute approximate surface area is 182 Å². The average molecular weight is 415 g/mol. The van der Waals surface area contributed by atoms with Gasteiger partial charge in [0.05, 0.1) is 6.21 Å². The van der Waals surface area contributed by atoms with Crippen LogP contribution in [0.25, 0.3) is 0 Å². The summed E-state index contributed by atoms with van der Waals surface area (Å²) in [6, 6.07) is 24.7. The first-order valence-corrected chi connectivity index (χ1v) is 10.0. The number of rotatable bonds is 9. The van der Waals surface area contributed by atoms with Crippen molar-refractivity contribution < 1.29 is 14.3 Å². The fourth-order valence-corrected chi connectivity index (χ4v) is 2.77. The molecule has 3 aromatic rings. The van der Waals surface area contributed by atoms with Crippen LogP contribution < -0.4 is 15.5 Å². The van der Waals surface area contributed by atoms with Crippen molar-refractivity contribution in [2.45, 2.75) is 26.4 Å². The standard InChI is InChI=1S/C25H25N3O3/c1-19-11-13-20(14-12-19)18-31-23-10-6-5-7-21(23)17-26-28-25(30)16-15-24(29)27-22-8-3-2-4-9-22/h2-14,17H,15-16,18H2,1H3,(H,27,29)(H,28,30). The highest BCUT2D eigenvalue weighted by molar-refractivity contribution is 5.93. The Hall–Kier alpha value is -3.93. The predicted octanol–water partition coefficient (Wildman–Crippen LogP) is 4.44. The fraction of sp³-hybridized carbons (Fsp3) is 0.160. The third kappa shape index (κ3) is 7.44. The van der Waals surface area contributed by atoms with Gasteiger partial charge in [-0.2, -0.15) is 5.10 Å². The monoisotopic (exact) mass is 415 g/mol. The average Bonchev–Trinajstić information content (AvgIpc) is 2.79. The summed E-state index contributed by atoms with van der Waals surface area (Å²) in [5.74, 6) is 0.112. The summed E-state index contributed by atoms with van der Waals surface area (Å²) in [6.45, 7) is 2.48. The molecule has 0 fully saturated rings. The second-order valence-electron chi connectivity index (χ2n) is 7.02. The number of para-hydroxylation sites is 2. The Morgan fingerprint density at radius 1 is 0.871 bits per heavy atom. The molecule has 0 saturated heterocycles. The Balaban J connectivity index is 1.46. The smallest absolute Gasteiger partial charge is 0.240 e. The van der Waals surface area contributed by atoms with Gasteiger partial charge < -0.3 is 10.1 Å². The van der Waals surface area contributed by atoms with E-state index in [2.05, 4.69) is 15.8 Å². The van der Waals surface area contributed by atoms with Crippen LogP contribution in [0.5, 0.6) is 5.75 Å². The van der Waals surface area contributed by atoms with E-state index in [9.17, 15) is 9.59 Å². The van der Waals surface area contributed by atoms with Crippen LogP contribution >= 0.6 is 0 Å². The van der Waals surface area contributed by atoms with E-state index in [0.29, 0.717) is 18.0 Å². The van der Waals surface area contributed by atoms with Crippen molar-refractivity contribution in [2.24, 2.45) is 5.10 Å². The predicted molar refractivity (Wildman–Crippen MR) is 122 cm³/mol. The largest absolute Gasteiger partial charge is 0.488 e. The molecular formula is C25H25N3O3. The zero-order chi connectivity index (χ0) is 21.9. The van der Waals surface area contributed by atoms with Gasteiger partial charge in [-0.25, -0.2) is 5.43 Å². The van der Waals surface area contributed by atoms with Gasteiger partial charge in [0.1, 0.15) is 12.4 Å². The van der Waals surface area contributed by atoms with E-state index in [0.717, 1.165) is 11.1 Å². The molecule has 0 bridgehead atoms. The fourth-order valence-electron chi connectivity index (χ4n) is 2.77. The first kappa shape index (κ1) is 21.8. The maximum Gasteiger partial charge on any atom is 0.240 e. The molecule has 31 heavy (non-hydrogen) atoms. The van der Waals surface area contributed by atoms with Crippen LogP contribution in [0.1, 0.15) is 29.5 Å². The molecule has 2 N–H and O–H groups in total. The first-order valence-electron chi connectivity index (χ1n) is 10.0. The zero-order valence-electron chi connectivity index (χ0n) is 17.4. The molecule has 6 heteroatoms. The summed E-state index contributed by atoms with van der Waals surface area (Å²) < 4.78 is 5.90. The normalized spacial score (nSPS) is 10.6. The Bertz CT molecular complexity index is 1030. The number of ether oxygens (including phenoxy) is 1. The van der Waals surface area contributed by atoms with Crippen molar-refractivity contribution in [1.82, 2.24) is 5.43 Å². The van der Waals surface area contributed by atoms with Crippen molar-refractivity contribution in [2.75, 3.05) is 5.32 Å². The molecular weight excluding hydrogens is 390 g/mol. The molecule has 0 saturated carbocycles. The lowest BCUT2D eigenvalue weighted by Gasteiger charge is -2.09. The van der Waals surface area contributed by atoms with Gasteiger partial charge in [-0.1, -0.05) is 60.2 Å². The quantitative estimate of drug-likeness (QED) is 0.400. The van der Waals surface area contributed by atoms with E-state index < -0.39 is 0 Å². The van der Waals surface area contributed by atoms with Crippen LogP contribution in [-0.4, -0.2) is 18.0 Å². The van der Waals surface area contributed by atoms with Gasteiger partial charge in [-0.05, 0) is 36.8 Å². The summed E-state index contributed by atoms with van der Waals surface area (Å²) in [4.78, 5) is 23.9. The number of aryl methyl sites for hydroxylation is 1. The number of hydrogen-bond acceptors (Lipinski definition) is 4. The summed E-state index contributed by atoms with van der Waals surface area (Å²) in [7, 11) is 0. The van der Waals surface area contributed by atoms with Crippen molar-refractivity contribution in [3.05, 3.63) is 95.6 Å². The maximum atomic E-state index is 12.0.